The van der Waals surface area contributed by atoms with Gasteiger partial charge >= 0.3 is 5.97 Å². The van der Waals surface area contributed by atoms with Crippen molar-refractivity contribution < 1.29 is 14.6 Å². The molecule has 0 amide bonds. The number of ether oxygens (including phenoxy) is 1. The van der Waals surface area contributed by atoms with Gasteiger partial charge in [-0.3, -0.25) is 0 Å². The Morgan fingerprint density at radius 3 is 2.28 bits per heavy atom. The van der Waals surface area contributed by atoms with Crippen molar-refractivity contribution in [3.05, 3.63) is 17.8 Å². The van der Waals surface area contributed by atoms with Gasteiger partial charge in [0.2, 0.25) is 0 Å². The summed E-state index contributed by atoms with van der Waals surface area (Å²) in [5, 5.41) is 20.7. The highest BCUT2D eigenvalue weighted by atomic mass is 16.5. The smallest absolute Gasteiger partial charge is 0.358 e. The monoisotopic (exact) mass is 253 g/mol. The van der Waals surface area contributed by atoms with Crippen LogP contribution in [-0.4, -0.2) is 39.5 Å². The lowest BCUT2D eigenvalue weighted by atomic mass is 9.86. The largest absolute Gasteiger partial charge is 0.464 e. The topological polar surface area (TPSA) is 84.3 Å². The number of aromatic nitrogens is 2. The molecule has 0 aliphatic heterocycles. The van der Waals surface area contributed by atoms with Crippen molar-refractivity contribution in [2.75, 3.05) is 12.4 Å². The van der Waals surface area contributed by atoms with Crippen molar-refractivity contribution >= 4 is 11.8 Å². The molecular weight excluding hydrogens is 234 g/mol. The molecule has 100 valence electrons. The van der Waals surface area contributed by atoms with Gasteiger partial charge in [0.1, 0.15) is 5.82 Å². The number of carbonyl (C=O) groups is 1. The molecule has 0 radical (unpaired) electrons. The van der Waals surface area contributed by atoms with Crippen LogP contribution in [0.2, 0.25) is 0 Å². The number of nitrogens with zero attached hydrogens (tertiary/aromatic N) is 2. The third-order valence-electron chi connectivity index (χ3n) is 3.03. The quantitative estimate of drug-likeness (QED) is 0.785. The second-order valence-corrected chi connectivity index (χ2v) is 5.10. The van der Waals surface area contributed by atoms with Gasteiger partial charge in [-0.15, -0.1) is 10.2 Å². The molecule has 0 saturated carbocycles. The SMILES string of the molecule is COC(=O)c1ccc(NC(C)(C)C(C)(C)O)nn1. The lowest BCUT2D eigenvalue weighted by molar-refractivity contribution is 0.0238. The number of anilines is 1. The van der Waals surface area contributed by atoms with Crippen molar-refractivity contribution in [1.29, 1.82) is 0 Å². The Kier molecular flexibility index (Phi) is 3.91. The van der Waals surface area contributed by atoms with E-state index in [1.54, 1.807) is 19.9 Å². The summed E-state index contributed by atoms with van der Waals surface area (Å²) in [7, 11) is 1.29. The van der Waals surface area contributed by atoms with Crippen LogP contribution in [0.15, 0.2) is 12.1 Å². The second-order valence-electron chi connectivity index (χ2n) is 5.10. The maximum atomic E-state index is 11.2. The number of aliphatic hydroxyl groups is 1. The minimum Gasteiger partial charge on any atom is -0.464 e. The van der Waals surface area contributed by atoms with Crippen LogP contribution in [0.3, 0.4) is 0 Å². The van der Waals surface area contributed by atoms with Crippen LogP contribution in [0.5, 0.6) is 0 Å². The number of nitrogens with one attached hydrogen (secondary N) is 1. The fraction of sp³-hybridized carbons (Fsp3) is 0.583. The molecule has 6 heteroatoms. The van der Waals surface area contributed by atoms with Crippen LogP contribution >= 0.6 is 0 Å². The van der Waals surface area contributed by atoms with Gasteiger partial charge in [0.15, 0.2) is 5.69 Å². The summed E-state index contributed by atoms with van der Waals surface area (Å²) in [4.78, 5) is 11.2. The Morgan fingerprint density at radius 2 is 1.89 bits per heavy atom. The van der Waals surface area contributed by atoms with Crippen LogP contribution in [0.25, 0.3) is 0 Å². The van der Waals surface area contributed by atoms with E-state index in [9.17, 15) is 9.90 Å². The average molecular weight is 253 g/mol. The van der Waals surface area contributed by atoms with Crippen molar-refractivity contribution in [2.24, 2.45) is 0 Å². The number of rotatable bonds is 4. The number of methoxy groups -OCH3 is 1. The van der Waals surface area contributed by atoms with E-state index in [1.165, 1.54) is 13.2 Å². The molecule has 0 saturated heterocycles. The Balaban J connectivity index is 2.85. The Hall–Kier alpha value is -1.69. The molecule has 1 heterocycles. The summed E-state index contributed by atoms with van der Waals surface area (Å²) in [6.45, 7) is 7.11. The lowest BCUT2D eigenvalue weighted by Gasteiger charge is -2.38. The molecule has 0 aliphatic carbocycles. The van der Waals surface area contributed by atoms with Gasteiger partial charge in [0, 0.05) is 0 Å². The van der Waals surface area contributed by atoms with Crippen LogP contribution in [0.4, 0.5) is 5.82 Å². The van der Waals surface area contributed by atoms with E-state index in [4.69, 9.17) is 0 Å². The van der Waals surface area contributed by atoms with Crippen LogP contribution in [0, 0.1) is 0 Å². The van der Waals surface area contributed by atoms with E-state index in [0.29, 0.717) is 5.82 Å². The zero-order chi connectivity index (χ0) is 14.0. The highest BCUT2D eigenvalue weighted by Crippen LogP contribution is 2.24. The van der Waals surface area contributed by atoms with Gasteiger partial charge < -0.3 is 15.2 Å². The lowest BCUT2D eigenvalue weighted by Crippen LogP contribution is -2.51. The first-order valence-corrected chi connectivity index (χ1v) is 5.60. The van der Waals surface area contributed by atoms with E-state index in [0.717, 1.165) is 0 Å². The van der Waals surface area contributed by atoms with Crippen molar-refractivity contribution in [1.82, 2.24) is 10.2 Å². The maximum Gasteiger partial charge on any atom is 0.358 e. The molecule has 0 bridgehead atoms. The third-order valence-corrected chi connectivity index (χ3v) is 3.03. The molecule has 0 spiro atoms. The Labute approximate surface area is 106 Å². The first kappa shape index (κ1) is 14.4. The van der Waals surface area contributed by atoms with Gasteiger partial charge in [-0.25, -0.2) is 4.79 Å². The van der Waals surface area contributed by atoms with Gasteiger partial charge in [0.25, 0.3) is 0 Å². The molecular formula is C12H19N3O3. The molecule has 0 aromatic carbocycles. The van der Waals surface area contributed by atoms with E-state index < -0.39 is 17.1 Å². The summed E-state index contributed by atoms with van der Waals surface area (Å²) in [5.74, 6) is -0.0504. The van der Waals surface area contributed by atoms with E-state index >= 15 is 0 Å². The highest BCUT2D eigenvalue weighted by molar-refractivity contribution is 5.86. The minimum atomic E-state index is -0.935. The predicted octanol–water partition coefficient (Wildman–Crippen LogP) is 1.22. The summed E-state index contributed by atoms with van der Waals surface area (Å²) < 4.78 is 4.53. The van der Waals surface area contributed by atoms with Crippen molar-refractivity contribution in [2.45, 2.75) is 38.8 Å². The molecule has 0 atom stereocenters. The number of carbonyl (C=O) groups excluding carboxylic acids is 1. The van der Waals surface area contributed by atoms with E-state index in [-0.39, 0.29) is 5.69 Å². The molecule has 2 N–H and O–H groups in total. The summed E-state index contributed by atoms with van der Waals surface area (Å²) in [6.07, 6.45) is 0. The van der Waals surface area contributed by atoms with Crippen molar-refractivity contribution in [3.8, 4) is 0 Å². The number of hydrogen-bond donors (Lipinski definition) is 2. The van der Waals surface area contributed by atoms with Gasteiger partial charge in [-0.1, -0.05) is 0 Å². The Bertz CT molecular complexity index is 421. The third kappa shape index (κ3) is 3.16. The van der Waals surface area contributed by atoms with Crippen LogP contribution in [-0.2, 0) is 4.74 Å². The molecule has 1 aromatic rings. The van der Waals surface area contributed by atoms with Crippen LogP contribution in [0.1, 0.15) is 38.2 Å². The molecule has 6 nitrogen and oxygen atoms in total. The zero-order valence-electron chi connectivity index (χ0n) is 11.3. The number of esters is 1. The second kappa shape index (κ2) is 4.89. The molecule has 18 heavy (non-hydrogen) atoms. The van der Waals surface area contributed by atoms with Crippen molar-refractivity contribution in [3.63, 3.8) is 0 Å². The first-order chi connectivity index (χ1) is 8.17. The molecule has 1 rings (SSSR count). The summed E-state index contributed by atoms with van der Waals surface area (Å²) in [6, 6.07) is 3.13. The van der Waals surface area contributed by atoms with Crippen LogP contribution < -0.4 is 5.32 Å². The standard InChI is InChI=1S/C12H19N3O3/c1-11(2,12(3,4)17)13-9-7-6-8(14-15-9)10(16)18-5/h6-7,17H,1-5H3,(H,13,15). The van der Waals surface area contributed by atoms with E-state index in [2.05, 4.69) is 20.3 Å². The average Bonchev–Trinajstić information content (AvgIpc) is 2.27. The normalized spacial score (nSPS) is 12.1. The van der Waals surface area contributed by atoms with E-state index in [1.807, 2.05) is 13.8 Å². The van der Waals surface area contributed by atoms with Gasteiger partial charge in [-0.05, 0) is 39.8 Å². The predicted molar refractivity (Wildman–Crippen MR) is 67.4 cm³/mol. The molecule has 0 aliphatic rings. The molecule has 0 fully saturated rings. The first-order valence-electron chi connectivity index (χ1n) is 5.60. The van der Waals surface area contributed by atoms with Gasteiger partial charge in [-0.2, -0.15) is 0 Å². The molecule has 0 unspecified atom stereocenters. The van der Waals surface area contributed by atoms with Gasteiger partial charge in [0.05, 0.1) is 18.2 Å². The Morgan fingerprint density at radius 1 is 1.28 bits per heavy atom. The summed E-state index contributed by atoms with van der Waals surface area (Å²) in [5.41, 5.74) is -1.38. The highest BCUT2D eigenvalue weighted by Gasteiger charge is 2.35. The number of hydrogen-bond acceptors (Lipinski definition) is 6. The summed E-state index contributed by atoms with van der Waals surface area (Å²) >= 11 is 0. The molecule has 1 aromatic heterocycles. The minimum absolute atomic E-state index is 0.143. The maximum absolute atomic E-state index is 11.2. The fourth-order valence-electron chi connectivity index (χ4n) is 1.09. The fourth-order valence-corrected chi connectivity index (χ4v) is 1.09. The zero-order valence-corrected chi connectivity index (χ0v) is 11.3.